The Labute approximate surface area is 227 Å². The van der Waals surface area contributed by atoms with E-state index in [1.54, 1.807) is 21.1 Å². The van der Waals surface area contributed by atoms with E-state index in [1.165, 1.54) is 77.0 Å². The van der Waals surface area contributed by atoms with Gasteiger partial charge in [0.25, 0.3) is 0 Å². The van der Waals surface area contributed by atoms with Gasteiger partial charge in [-0.1, -0.05) is 83.3 Å². The maximum Gasteiger partial charge on any atom is 0.305 e. The third-order valence-corrected chi connectivity index (χ3v) is 6.63. The van der Waals surface area contributed by atoms with E-state index in [0.29, 0.717) is 6.42 Å². The molecule has 2 unspecified atom stereocenters. The minimum atomic E-state index is -1.12. The summed E-state index contributed by atoms with van der Waals surface area (Å²) in [6, 6.07) is -0.684. The second kappa shape index (κ2) is 23.7. The largest absolute Gasteiger partial charge is 0.544 e. The minimum absolute atomic E-state index is 0.000886. The fraction of sp³-hybridized carbons (Fsp3) is 0.867. The van der Waals surface area contributed by atoms with Gasteiger partial charge in [-0.15, -0.1) is 0 Å². The Balaban J connectivity index is 3.52. The first-order valence-corrected chi connectivity index (χ1v) is 14.8. The molecule has 0 fully saturated rings. The predicted octanol–water partition coefficient (Wildman–Crippen LogP) is 4.94. The molecule has 0 aromatic heterocycles. The number of nitrogens with zero attached hydrogens (tertiary/aromatic N) is 1. The lowest BCUT2D eigenvalue weighted by Crippen LogP contribution is -2.55. The molecule has 0 rings (SSSR count). The summed E-state index contributed by atoms with van der Waals surface area (Å²) < 4.78 is 10.7. The molecular formula is C30H57NO6. The van der Waals surface area contributed by atoms with E-state index >= 15 is 0 Å². The maximum absolute atomic E-state index is 11.9. The average Bonchev–Trinajstić information content (AvgIpc) is 2.83. The third-order valence-electron chi connectivity index (χ3n) is 6.63. The number of carboxylic acid groups (broad SMARTS) is 1. The van der Waals surface area contributed by atoms with E-state index < -0.39 is 18.1 Å². The quantitative estimate of drug-likeness (QED) is 0.0741. The molecule has 0 radical (unpaired) electrons. The van der Waals surface area contributed by atoms with Crippen LogP contribution in [0.4, 0.5) is 0 Å². The molecule has 7 heteroatoms. The smallest absolute Gasteiger partial charge is 0.305 e. The van der Waals surface area contributed by atoms with Crippen molar-refractivity contribution in [3.05, 3.63) is 12.2 Å². The van der Waals surface area contributed by atoms with Crippen molar-refractivity contribution in [2.24, 2.45) is 0 Å². The molecule has 0 amide bonds. The zero-order valence-electron chi connectivity index (χ0n) is 24.4. The topological polar surface area (TPSA) is 95.9 Å². The number of aliphatic hydroxyl groups excluding tert-OH is 1. The van der Waals surface area contributed by atoms with Gasteiger partial charge in [-0.25, -0.2) is 0 Å². The zero-order valence-corrected chi connectivity index (χ0v) is 24.4. The molecule has 0 heterocycles. The lowest BCUT2D eigenvalue weighted by molar-refractivity contribution is -0.889. The monoisotopic (exact) mass is 527 g/mol. The number of likely N-dealkylation sites (N-methyl/N-ethyl adjacent to an activating group) is 1. The molecular weight excluding hydrogens is 470 g/mol. The van der Waals surface area contributed by atoms with Crippen molar-refractivity contribution in [1.82, 2.24) is 0 Å². The number of ether oxygens (including phenoxy) is 2. The number of carbonyl (C=O) groups is 2. The summed E-state index contributed by atoms with van der Waals surface area (Å²) in [4.78, 5) is 23.1. The Morgan fingerprint density at radius 2 is 1.32 bits per heavy atom. The Morgan fingerprint density at radius 1 is 0.811 bits per heavy atom. The van der Waals surface area contributed by atoms with Crippen LogP contribution in [0.5, 0.6) is 0 Å². The van der Waals surface area contributed by atoms with Gasteiger partial charge in [-0.2, -0.15) is 0 Å². The van der Waals surface area contributed by atoms with Crippen molar-refractivity contribution in [2.45, 2.75) is 128 Å². The van der Waals surface area contributed by atoms with E-state index in [-0.39, 0.29) is 36.7 Å². The molecule has 0 saturated carbocycles. The average molecular weight is 528 g/mol. The molecule has 218 valence electrons. The molecule has 0 aliphatic carbocycles. The molecule has 0 aromatic rings. The first-order chi connectivity index (χ1) is 17.7. The molecule has 0 saturated heterocycles. The third kappa shape index (κ3) is 23.4. The number of aliphatic carboxylic acids is 1. The molecule has 0 aliphatic heterocycles. The molecule has 0 aliphatic rings. The highest BCUT2D eigenvalue weighted by atomic mass is 16.5. The highest BCUT2D eigenvalue weighted by Crippen LogP contribution is 2.12. The Kier molecular flexibility index (Phi) is 22.7. The van der Waals surface area contributed by atoms with Crippen molar-refractivity contribution < 1.29 is 33.8 Å². The van der Waals surface area contributed by atoms with E-state index in [9.17, 15) is 19.8 Å². The Morgan fingerprint density at radius 3 is 1.84 bits per heavy atom. The van der Waals surface area contributed by atoms with Crippen LogP contribution < -0.4 is 5.11 Å². The fourth-order valence-electron chi connectivity index (χ4n) is 4.24. The number of esters is 1. The summed E-state index contributed by atoms with van der Waals surface area (Å²) in [6.45, 7) is 2.34. The van der Waals surface area contributed by atoms with Crippen LogP contribution in [0.25, 0.3) is 0 Å². The summed E-state index contributed by atoms with van der Waals surface area (Å²) in [5, 5.41) is 21.1. The zero-order chi connectivity index (χ0) is 27.8. The number of unbranched alkanes of at least 4 members (excludes halogenated alkanes) is 13. The van der Waals surface area contributed by atoms with Crippen LogP contribution in [0, 0.1) is 0 Å². The van der Waals surface area contributed by atoms with Gasteiger partial charge in [0, 0.05) is 12.8 Å². The number of aliphatic hydroxyl groups is 1. The van der Waals surface area contributed by atoms with Crippen LogP contribution in [0.1, 0.15) is 116 Å². The van der Waals surface area contributed by atoms with E-state index in [2.05, 4.69) is 19.1 Å². The Hall–Kier alpha value is -1.44. The van der Waals surface area contributed by atoms with Gasteiger partial charge in [0.05, 0.1) is 40.3 Å². The Bertz CT molecular complexity index is 587. The van der Waals surface area contributed by atoms with Gasteiger partial charge in [0.15, 0.2) is 0 Å². The van der Waals surface area contributed by atoms with Gasteiger partial charge in [0.2, 0.25) is 0 Å². The van der Waals surface area contributed by atoms with E-state index in [1.807, 2.05) is 0 Å². The number of hydrogen-bond acceptors (Lipinski definition) is 6. The fourth-order valence-corrected chi connectivity index (χ4v) is 4.24. The molecule has 0 bridgehead atoms. The summed E-state index contributed by atoms with van der Waals surface area (Å²) in [5.41, 5.74) is 0. The molecule has 7 nitrogen and oxygen atoms in total. The van der Waals surface area contributed by atoms with Crippen molar-refractivity contribution in [2.75, 3.05) is 41.0 Å². The van der Waals surface area contributed by atoms with Crippen LogP contribution in [-0.4, -0.2) is 74.6 Å². The minimum Gasteiger partial charge on any atom is -0.544 e. The number of rotatable bonds is 26. The predicted molar refractivity (Wildman–Crippen MR) is 148 cm³/mol. The molecule has 1 N–H and O–H groups in total. The van der Waals surface area contributed by atoms with Crippen LogP contribution in [0.15, 0.2) is 12.2 Å². The standard InChI is InChI=1S/C30H57NO6/c1-5-6-7-8-9-10-11-12-13-14-15-16-17-18-19-20-21-22-29(33)37-26-27(32)25-36-24-23-28(30(34)35)31(2,3)4/h12-13,27-28,32H,5-11,14-26H2,1-4H3/b13-12+. The van der Waals surface area contributed by atoms with Crippen molar-refractivity contribution >= 4 is 11.9 Å². The van der Waals surface area contributed by atoms with Gasteiger partial charge >= 0.3 is 5.97 Å². The van der Waals surface area contributed by atoms with Crippen molar-refractivity contribution in [3.8, 4) is 0 Å². The summed E-state index contributed by atoms with van der Waals surface area (Å²) in [7, 11) is 5.35. The first-order valence-electron chi connectivity index (χ1n) is 14.8. The number of hydrogen-bond donors (Lipinski definition) is 1. The molecule has 0 aromatic carbocycles. The SMILES string of the molecule is CCCCCCCC/C=C/CCCCCCCCCC(=O)OCC(O)COCCC(C(=O)[O-])[N+](C)(C)C. The summed E-state index contributed by atoms with van der Waals surface area (Å²) in [5.74, 6) is -1.42. The summed E-state index contributed by atoms with van der Waals surface area (Å²) in [6.07, 6.45) is 23.0. The van der Waals surface area contributed by atoms with Crippen LogP contribution in [0.3, 0.4) is 0 Å². The number of quaternary nitrogens is 1. The maximum atomic E-state index is 11.9. The molecule has 37 heavy (non-hydrogen) atoms. The van der Waals surface area contributed by atoms with Crippen LogP contribution in [0.2, 0.25) is 0 Å². The number of allylic oxidation sites excluding steroid dienone is 2. The van der Waals surface area contributed by atoms with Gasteiger partial charge in [0.1, 0.15) is 18.8 Å². The highest BCUT2D eigenvalue weighted by molar-refractivity contribution is 5.69. The molecule has 0 spiro atoms. The van der Waals surface area contributed by atoms with Crippen molar-refractivity contribution in [1.29, 1.82) is 0 Å². The first kappa shape index (κ1) is 35.6. The number of carboxylic acids is 1. The van der Waals surface area contributed by atoms with Gasteiger partial charge in [-0.05, 0) is 32.1 Å². The lowest BCUT2D eigenvalue weighted by Gasteiger charge is -2.34. The van der Waals surface area contributed by atoms with E-state index in [4.69, 9.17) is 9.47 Å². The van der Waals surface area contributed by atoms with Crippen LogP contribution >= 0.6 is 0 Å². The highest BCUT2D eigenvalue weighted by Gasteiger charge is 2.24. The number of carbonyl (C=O) groups excluding carboxylic acids is 2. The van der Waals surface area contributed by atoms with E-state index in [0.717, 1.165) is 19.3 Å². The second-order valence-corrected chi connectivity index (χ2v) is 11.2. The van der Waals surface area contributed by atoms with Gasteiger partial charge < -0.3 is 29.0 Å². The van der Waals surface area contributed by atoms with Crippen molar-refractivity contribution in [3.63, 3.8) is 0 Å². The molecule has 2 atom stereocenters. The summed E-state index contributed by atoms with van der Waals surface area (Å²) >= 11 is 0. The van der Waals surface area contributed by atoms with Gasteiger partial charge in [-0.3, -0.25) is 4.79 Å². The van der Waals surface area contributed by atoms with Crippen LogP contribution in [-0.2, 0) is 19.1 Å². The second-order valence-electron chi connectivity index (χ2n) is 11.2. The normalized spacial score (nSPS) is 13.6. The lowest BCUT2D eigenvalue weighted by atomic mass is 10.1.